The summed E-state index contributed by atoms with van der Waals surface area (Å²) in [6, 6.07) is 10.6. The van der Waals surface area contributed by atoms with E-state index >= 15 is 0 Å². The summed E-state index contributed by atoms with van der Waals surface area (Å²) in [7, 11) is 0. The van der Waals surface area contributed by atoms with Crippen molar-refractivity contribution in [3.63, 3.8) is 0 Å². The Morgan fingerprint density at radius 1 is 1.29 bits per heavy atom. The van der Waals surface area contributed by atoms with Gasteiger partial charge >= 0.3 is 0 Å². The molecule has 3 aromatic rings. The molecule has 0 saturated carbocycles. The van der Waals surface area contributed by atoms with Crippen LogP contribution in [0.5, 0.6) is 5.19 Å². The number of benzene rings is 2. The summed E-state index contributed by atoms with van der Waals surface area (Å²) in [5.41, 5.74) is 2.38. The molecule has 1 aromatic heterocycles. The summed E-state index contributed by atoms with van der Waals surface area (Å²) in [6.07, 6.45) is 1.47. The number of halogens is 2. The van der Waals surface area contributed by atoms with Gasteiger partial charge < -0.3 is 9.64 Å². The molecule has 0 bridgehead atoms. The molecule has 0 unspecified atom stereocenters. The van der Waals surface area contributed by atoms with E-state index in [9.17, 15) is 9.18 Å². The van der Waals surface area contributed by atoms with Gasteiger partial charge in [0.2, 0.25) is 5.91 Å². The number of hydrogen-bond acceptors (Lipinski definition) is 4. The van der Waals surface area contributed by atoms with Gasteiger partial charge in [-0.25, -0.2) is 9.37 Å². The number of aromatic nitrogens is 1. The molecule has 0 spiro atoms. The predicted octanol–water partition coefficient (Wildman–Crippen LogP) is 5.01. The number of carbonyl (C=O) groups is 1. The second kappa shape index (κ2) is 8.05. The second-order valence-corrected chi connectivity index (χ2v) is 8.38. The normalized spacial score (nSPS) is 15.2. The molecule has 0 atom stereocenters. The van der Waals surface area contributed by atoms with E-state index in [1.165, 1.54) is 12.1 Å². The molecular weight excluding hydrogens is 399 g/mol. The first-order valence-electron chi connectivity index (χ1n) is 9.25. The zero-order valence-corrected chi connectivity index (χ0v) is 17.0. The third-order valence-corrected chi connectivity index (χ3v) is 6.32. The SMILES string of the molecule is Cc1cccc2sc(OC3CCN(C(=O)Cc4c(F)cccc4Cl)CC3)nc12. The van der Waals surface area contributed by atoms with E-state index < -0.39 is 5.82 Å². The Morgan fingerprint density at radius 3 is 2.75 bits per heavy atom. The van der Waals surface area contributed by atoms with Gasteiger partial charge in [-0.1, -0.05) is 41.1 Å². The lowest BCUT2D eigenvalue weighted by atomic mass is 10.1. The molecule has 0 aliphatic carbocycles. The standard InChI is InChI=1S/C21H20ClFN2O2S/c1-13-4-2-7-18-20(13)24-21(28-18)27-14-8-10-25(11-9-14)19(26)12-15-16(22)5-3-6-17(15)23/h2-7,14H,8-12H2,1H3. The van der Waals surface area contributed by atoms with Crippen LogP contribution in [0.1, 0.15) is 24.0 Å². The molecule has 28 heavy (non-hydrogen) atoms. The third-order valence-electron chi connectivity index (χ3n) is 5.05. The van der Waals surface area contributed by atoms with Crippen LogP contribution >= 0.6 is 22.9 Å². The van der Waals surface area contributed by atoms with Crippen molar-refractivity contribution in [2.24, 2.45) is 0 Å². The lowest BCUT2D eigenvalue weighted by Gasteiger charge is -2.31. The Bertz CT molecular complexity index is 995. The number of ether oxygens (including phenoxy) is 1. The average Bonchev–Trinajstić information content (AvgIpc) is 3.09. The number of hydrogen-bond donors (Lipinski definition) is 0. The summed E-state index contributed by atoms with van der Waals surface area (Å²) in [6.45, 7) is 3.21. The Kier molecular flexibility index (Phi) is 5.51. The van der Waals surface area contributed by atoms with Gasteiger partial charge in [0.15, 0.2) is 0 Å². The molecule has 1 aliphatic rings. The molecule has 0 N–H and O–H groups in total. The fraction of sp³-hybridized carbons (Fsp3) is 0.333. The predicted molar refractivity (Wildman–Crippen MR) is 110 cm³/mol. The fourth-order valence-electron chi connectivity index (χ4n) is 3.45. The van der Waals surface area contributed by atoms with Gasteiger partial charge in [0.25, 0.3) is 5.19 Å². The molecule has 146 valence electrons. The van der Waals surface area contributed by atoms with Gasteiger partial charge in [-0.3, -0.25) is 4.79 Å². The summed E-state index contributed by atoms with van der Waals surface area (Å²) in [5, 5.41) is 0.963. The smallest absolute Gasteiger partial charge is 0.274 e. The molecule has 0 radical (unpaired) electrons. The number of nitrogens with zero attached hydrogens (tertiary/aromatic N) is 2. The molecular formula is C21H20ClFN2O2S. The first kappa shape index (κ1) is 19.2. The minimum Gasteiger partial charge on any atom is -0.467 e. The first-order chi connectivity index (χ1) is 13.5. The molecule has 1 amide bonds. The second-order valence-electron chi connectivity index (χ2n) is 6.98. The largest absolute Gasteiger partial charge is 0.467 e. The molecule has 1 aliphatic heterocycles. The topological polar surface area (TPSA) is 42.4 Å². The highest BCUT2D eigenvalue weighted by molar-refractivity contribution is 7.20. The Labute approximate surface area is 171 Å². The highest BCUT2D eigenvalue weighted by atomic mass is 35.5. The number of amides is 1. The molecule has 7 heteroatoms. The van der Waals surface area contributed by atoms with Crippen LogP contribution in [0.3, 0.4) is 0 Å². The van der Waals surface area contributed by atoms with Crippen LogP contribution in [0.15, 0.2) is 36.4 Å². The maximum Gasteiger partial charge on any atom is 0.274 e. The zero-order valence-electron chi connectivity index (χ0n) is 15.5. The summed E-state index contributed by atoms with van der Waals surface area (Å²) < 4.78 is 21.1. The first-order valence-corrected chi connectivity index (χ1v) is 10.4. The zero-order chi connectivity index (χ0) is 19.7. The van der Waals surface area contributed by atoms with Gasteiger partial charge in [-0.15, -0.1) is 0 Å². The third kappa shape index (κ3) is 3.98. The van der Waals surface area contributed by atoms with Gasteiger partial charge in [-0.05, 0) is 30.7 Å². The van der Waals surface area contributed by atoms with Crippen molar-refractivity contribution in [2.45, 2.75) is 32.3 Å². The maximum atomic E-state index is 13.9. The van der Waals surface area contributed by atoms with Crippen molar-refractivity contribution >= 4 is 39.1 Å². The van der Waals surface area contributed by atoms with Crippen molar-refractivity contribution < 1.29 is 13.9 Å². The minimum atomic E-state index is -0.440. The van der Waals surface area contributed by atoms with Crippen LogP contribution in [0.2, 0.25) is 5.02 Å². The van der Waals surface area contributed by atoms with Gasteiger partial charge in [0, 0.05) is 36.5 Å². The minimum absolute atomic E-state index is 0.0197. The van der Waals surface area contributed by atoms with E-state index in [0.717, 1.165) is 28.6 Å². The summed E-state index contributed by atoms with van der Waals surface area (Å²) in [4.78, 5) is 18.9. The van der Waals surface area contributed by atoms with E-state index in [-0.39, 0.29) is 29.0 Å². The Morgan fingerprint density at radius 2 is 2.04 bits per heavy atom. The highest BCUT2D eigenvalue weighted by Gasteiger charge is 2.26. The molecule has 1 saturated heterocycles. The molecule has 4 rings (SSSR count). The van der Waals surface area contributed by atoms with Crippen LogP contribution in [0, 0.1) is 12.7 Å². The number of rotatable bonds is 4. The van der Waals surface area contributed by atoms with E-state index in [4.69, 9.17) is 16.3 Å². The van der Waals surface area contributed by atoms with Gasteiger partial charge in [0.1, 0.15) is 11.9 Å². The number of carbonyl (C=O) groups excluding carboxylic acids is 1. The lowest BCUT2D eigenvalue weighted by Crippen LogP contribution is -2.42. The molecule has 1 fully saturated rings. The molecule has 2 heterocycles. The van der Waals surface area contributed by atoms with Crippen LogP contribution < -0.4 is 4.74 Å². The van der Waals surface area contributed by atoms with E-state index in [1.807, 2.05) is 25.1 Å². The van der Waals surface area contributed by atoms with E-state index in [0.29, 0.717) is 18.3 Å². The van der Waals surface area contributed by atoms with E-state index in [2.05, 4.69) is 4.98 Å². The van der Waals surface area contributed by atoms with Crippen molar-refractivity contribution in [1.29, 1.82) is 0 Å². The van der Waals surface area contributed by atoms with E-state index in [1.54, 1.807) is 22.3 Å². The maximum absolute atomic E-state index is 13.9. The van der Waals surface area contributed by atoms with Gasteiger partial charge in [-0.2, -0.15) is 0 Å². The number of piperidine rings is 1. The van der Waals surface area contributed by atoms with Crippen molar-refractivity contribution in [1.82, 2.24) is 9.88 Å². The average molecular weight is 419 g/mol. The van der Waals surface area contributed by atoms with Crippen LogP contribution in [-0.4, -0.2) is 35.0 Å². The molecule has 2 aromatic carbocycles. The van der Waals surface area contributed by atoms with Gasteiger partial charge in [0.05, 0.1) is 16.6 Å². The Hall–Kier alpha value is -2.18. The fourth-order valence-corrected chi connectivity index (χ4v) is 4.64. The Balaban J connectivity index is 1.35. The van der Waals surface area contributed by atoms with Crippen molar-refractivity contribution in [3.05, 3.63) is 58.4 Å². The van der Waals surface area contributed by atoms with Crippen molar-refractivity contribution in [2.75, 3.05) is 13.1 Å². The van der Waals surface area contributed by atoms with Crippen LogP contribution in [-0.2, 0) is 11.2 Å². The quantitative estimate of drug-likeness (QED) is 0.598. The monoisotopic (exact) mass is 418 g/mol. The van der Waals surface area contributed by atoms with Crippen LogP contribution in [0.25, 0.3) is 10.2 Å². The highest BCUT2D eigenvalue weighted by Crippen LogP contribution is 2.31. The number of thiazole rings is 1. The van der Waals surface area contributed by atoms with Crippen molar-refractivity contribution in [3.8, 4) is 5.19 Å². The number of aryl methyl sites for hydroxylation is 1. The van der Waals surface area contributed by atoms with Crippen LogP contribution in [0.4, 0.5) is 4.39 Å². The summed E-state index contributed by atoms with van der Waals surface area (Å²) in [5.74, 6) is -0.550. The number of para-hydroxylation sites is 1. The molecule has 4 nitrogen and oxygen atoms in total. The lowest BCUT2D eigenvalue weighted by molar-refractivity contribution is -0.132. The number of likely N-dealkylation sites (tertiary alicyclic amines) is 1. The number of fused-ring (bicyclic) bond motifs is 1. The summed E-state index contributed by atoms with van der Waals surface area (Å²) >= 11 is 7.58.